The molecule has 1 aliphatic heterocycles. The van der Waals surface area contributed by atoms with Crippen LogP contribution in [0.25, 0.3) is 0 Å². The predicted octanol–water partition coefficient (Wildman–Crippen LogP) is 2.38. The maximum absolute atomic E-state index is 11.8. The summed E-state index contributed by atoms with van der Waals surface area (Å²) in [5.74, 6) is 1.91. The van der Waals surface area contributed by atoms with E-state index in [2.05, 4.69) is 48.2 Å². The minimum absolute atomic E-state index is 0.317. The van der Waals surface area contributed by atoms with Crippen LogP contribution in [0.3, 0.4) is 0 Å². The highest BCUT2D eigenvalue weighted by molar-refractivity contribution is 5.79. The molecule has 1 rings (SSSR count). The first kappa shape index (κ1) is 18.8. The Kier molecular flexibility index (Phi) is 8.94. The molecule has 5 nitrogen and oxygen atoms in total. The van der Waals surface area contributed by atoms with Gasteiger partial charge in [-0.05, 0) is 38.5 Å². The van der Waals surface area contributed by atoms with E-state index in [0.717, 1.165) is 64.2 Å². The van der Waals surface area contributed by atoms with Crippen LogP contribution in [0.2, 0.25) is 0 Å². The summed E-state index contributed by atoms with van der Waals surface area (Å²) >= 11 is 0. The summed E-state index contributed by atoms with van der Waals surface area (Å²) in [5.41, 5.74) is 0. The fourth-order valence-electron chi connectivity index (χ4n) is 2.78. The zero-order valence-electron chi connectivity index (χ0n) is 14.8. The normalized spacial score (nSPS) is 17.2. The van der Waals surface area contributed by atoms with Crippen molar-refractivity contribution in [3.05, 3.63) is 0 Å². The molecule has 0 radical (unpaired) electrons. The van der Waals surface area contributed by atoms with Gasteiger partial charge in [0.05, 0.1) is 0 Å². The van der Waals surface area contributed by atoms with Crippen LogP contribution in [0.5, 0.6) is 0 Å². The van der Waals surface area contributed by atoms with Crippen LogP contribution in [-0.4, -0.2) is 49.0 Å². The Balaban J connectivity index is 2.41. The number of carbonyl (C=O) groups excluding carboxylic acids is 1. The lowest BCUT2D eigenvalue weighted by Gasteiger charge is -2.26. The molecular weight excluding hydrogens is 276 g/mol. The molecular formula is C17H34N4O. The standard InChI is InChI=1S/C17H34N4O/c1-5-15(21-13-7-8-16(21)22)10-12-20-17(18-6-2)19-11-9-14(3)4/h14-15H,5-13H2,1-4H3,(H2,18,19,20). The first-order valence-corrected chi connectivity index (χ1v) is 8.90. The van der Waals surface area contributed by atoms with E-state index in [1.807, 2.05) is 0 Å². The van der Waals surface area contributed by atoms with Crippen molar-refractivity contribution in [2.75, 3.05) is 26.2 Å². The molecule has 0 aliphatic carbocycles. The molecule has 1 amide bonds. The second kappa shape index (κ2) is 10.5. The van der Waals surface area contributed by atoms with Gasteiger partial charge in [0.25, 0.3) is 0 Å². The summed E-state index contributed by atoms with van der Waals surface area (Å²) in [6, 6.07) is 0.345. The minimum Gasteiger partial charge on any atom is -0.357 e. The van der Waals surface area contributed by atoms with Gasteiger partial charge in [0.1, 0.15) is 0 Å². The van der Waals surface area contributed by atoms with Crippen molar-refractivity contribution in [2.24, 2.45) is 10.9 Å². The number of amides is 1. The van der Waals surface area contributed by atoms with Gasteiger partial charge < -0.3 is 15.5 Å². The third kappa shape index (κ3) is 6.67. The molecule has 1 heterocycles. The Morgan fingerprint density at radius 3 is 2.59 bits per heavy atom. The maximum Gasteiger partial charge on any atom is 0.222 e. The van der Waals surface area contributed by atoms with Crippen molar-refractivity contribution in [1.82, 2.24) is 15.5 Å². The number of hydrogen-bond acceptors (Lipinski definition) is 2. The third-order valence-corrected chi connectivity index (χ3v) is 4.11. The summed E-state index contributed by atoms with van der Waals surface area (Å²) in [6.07, 6.45) is 4.84. The van der Waals surface area contributed by atoms with Gasteiger partial charge in [0, 0.05) is 38.6 Å². The molecule has 1 unspecified atom stereocenters. The first-order chi connectivity index (χ1) is 10.6. The Morgan fingerprint density at radius 1 is 1.27 bits per heavy atom. The molecule has 22 heavy (non-hydrogen) atoms. The number of hydrogen-bond donors (Lipinski definition) is 2. The van der Waals surface area contributed by atoms with Crippen LogP contribution in [0, 0.1) is 5.92 Å². The van der Waals surface area contributed by atoms with E-state index in [4.69, 9.17) is 0 Å². The summed E-state index contributed by atoms with van der Waals surface area (Å²) in [5, 5.41) is 6.67. The third-order valence-electron chi connectivity index (χ3n) is 4.11. The molecule has 5 heteroatoms. The van der Waals surface area contributed by atoms with E-state index in [-0.39, 0.29) is 0 Å². The van der Waals surface area contributed by atoms with Crippen molar-refractivity contribution in [2.45, 2.75) is 65.8 Å². The van der Waals surface area contributed by atoms with E-state index in [0.29, 0.717) is 17.9 Å². The largest absolute Gasteiger partial charge is 0.357 e. The second-order valence-corrected chi connectivity index (χ2v) is 6.41. The van der Waals surface area contributed by atoms with Crippen LogP contribution in [0.4, 0.5) is 0 Å². The monoisotopic (exact) mass is 310 g/mol. The highest BCUT2D eigenvalue weighted by Crippen LogP contribution is 2.17. The minimum atomic E-state index is 0.317. The van der Waals surface area contributed by atoms with Crippen LogP contribution in [0.15, 0.2) is 4.99 Å². The lowest BCUT2D eigenvalue weighted by Crippen LogP contribution is -2.39. The molecule has 128 valence electrons. The average molecular weight is 310 g/mol. The second-order valence-electron chi connectivity index (χ2n) is 6.41. The van der Waals surface area contributed by atoms with Crippen LogP contribution < -0.4 is 10.6 Å². The van der Waals surface area contributed by atoms with Crippen molar-refractivity contribution in [3.63, 3.8) is 0 Å². The van der Waals surface area contributed by atoms with Crippen molar-refractivity contribution < 1.29 is 4.79 Å². The topological polar surface area (TPSA) is 56.7 Å². The number of nitrogens with one attached hydrogen (secondary N) is 2. The van der Waals surface area contributed by atoms with E-state index in [1.54, 1.807) is 0 Å². The van der Waals surface area contributed by atoms with Gasteiger partial charge in [0.2, 0.25) is 5.91 Å². The number of rotatable bonds is 9. The molecule has 0 aromatic heterocycles. The summed E-state index contributed by atoms with van der Waals surface area (Å²) in [6.45, 7) is 12.2. The zero-order valence-corrected chi connectivity index (χ0v) is 14.8. The first-order valence-electron chi connectivity index (χ1n) is 8.90. The Hall–Kier alpha value is -1.26. The van der Waals surface area contributed by atoms with Gasteiger partial charge in [-0.25, -0.2) is 0 Å². The number of aliphatic imine (C=N–C) groups is 1. The molecule has 0 saturated carbocycles. The number of nitrogens with zero attached hydrogens (tertiary/aromatic N) is 2. The van der Waals surface area contributed by atoms with E-state index < -0.39 is 0 Å². The number of guanidine groups is 1. The lowest BCUT2D eigenvalue weighted by atomic mass is 10.1. The highest BCUT2D eigenvalue weighted by Gasteiger charge is 2.26. The fourth-order valence-corrected chi connectivity index (χ4v) is 2.78. The molecule has 1 saturated heterocycles. The number of likely N-dealkylation sites (tertiary alicyclic amines) is 1. The molecule has 0 aromatic rings. The molecule has 1 aliphatic rings. The molecule has 2 N–H and O–H groups in total. The molecule has 0 spiro atoms. The van der Waals surface area contributed by atoms with Crippen LogP contribution in [-0.2, 0) is 4.79 Å². The van der Waals surface area contributed by atoms with Gasteiger partial charge in [-0.1, -0.05) is 20.8 Å². The quantitative estimate of drug-likeness (QED) is 0.508. The molecule has 0 bridgehead atoms. The Bertz CT molecular complexity index is 355. The zero-order chi connectivity index (χ0) is 16.4. The predicted molar refractivity (Wildman–Crippen MR) is 93.1 cm³/mol. The molecule has 1 fully saturated rings. The molecule has 1 atom stereocenters. The van der Waals surface area contributed by atoms with Crippen molar-refractivity contribution in [3.8, 4) is 0 Å². The van der Waals surface area contributed by atoms with E-state index >= 15 is 0 Å². The summed E-state index contributed by atoms with van der Waals surface area (Å²) < 4.78 is 0. The van der Waals surface area contributed by atoms with E-state index in [9.17, 15) is 4.79 Å². The lowest BCUT2D eigenvalue weighted by molar-refractivity contribution is -0.129. The SMILES string of the molecule is CCNC(=NCCC(CC)N1CCCC1=O)NCCC(C)C. The van der Waals surface area contributed by atoms with Gasteiger partial charge in [-0.15, -0.1) is 0 Å². The van der Waals surface area contributed by atoms with Gasteiger partial charge in [-0.3, -0.25) is 9.79 Å². The van der Waals surface area contributed by atoms with Crippen LogP contribution >= 0.6 is 0 Å². The molecule has 0 aromatic carbocycles. The Morgan fingerprint density at radius 2 is 2.05 bits per heavy atom. The average Bonchev–Trinajstić information content (AvgIpc) is 2.89. The maximum atomic E-state index is 11.8. The van der Waals surface area contributed by atoms with Crippen LogP contribution in [0.1, 0.15) is 59.8 Å². The van der Waals surface area contributed by atoms with Gasteiger partial charge >= 0.3 is 0 Å². The van der Waals surface area contributed by atoms with E-state index in [1.165, 1.54) is 0 Å². The van der Waals surface area contributed by atoms with Crippen molar-refractivity contribution in [1.29, 1.82) is 0 Å². The summed E-state index contributed by atoms with van der Waals surface area (Å²) in [7, 11) is 0. The fraction of sp³-hybridized carbons (Fsp3) is 0.882. The number of carbonyl (C=O) groups is 1. The summed E-state index contributed by atoms with van der Waals surface area (Å²) in [4.78, 5) is 18.5. The van der Waals surface area contributed by atoms with Gasteiger partial charge in [0.15, 0.2) is 5.96 Å². The highest BCUT2D eigenvalue weighted by atomic mass is 16.2. The van der Waals surface area contributed by atoms with Crippen molar-refractivity contribution >= 4 is 11.9 Å². The Labute approximate surface area is 135 Å². The smallest absolute Gasteiger partial charge is 0.222 e. The van der Waals surface area contributed by atoms with Gasteiger partial charge in [-0.2, -0.15) is 0 Å².